The van der Waals surface area contributed by atoms with Gasteiger partial charge in [0.15, 0.2) is 0 Å². The van der Waals surface area contributed by atoms with Gasteiger partial charge in [0.2, 0.25) is 5.60 Å². The molecule has 1 fully saturated rings. The van der Waals surface area contributed by atoms with Crippen LogP contribution in [0, 0.1) is 0 Å². The number of carbonyl (C=O) groups is 1. The van der Waals surface area contributed by atoms with E-state index in [1.54, 1.807) is 19.9 Å². The SMILES string of the molecule is CC(C)=CCOC1(C(F)(F)F)CN(C2CC2)C(=O)Nc2ccc(Cl)cc21. The summed E-state index contributed by atoms with van der Waals surface area (Å²) in [6.07, 6.45) is -1.78. The number of nitrogens with zero attached hydrogens (tertiary/aromatic N) is 1. The lowest BCUT2D eigenvalue weighted by Gasteiger charge is -2.38. The summed E-state index contributed by atoms with van der Waals surface area (Å²) in [5.74, 6) is 0. The second-order valence-corrected chi connectivity index (χ2v) is 7.33. The number of allylic oxidation sites excluding steroid dienone is 1. The Labute approximate surface area is 154 Å². The normalized spacial score (nSPS) is 23.2. The first-order chi connectivity index (χ1) is 12.1. The minimum absolute atomic E-state index is 0.0667. The number of hydrogen-bond donors (Lipinski definition) is 1. The van der Waals surface area contributed by atoms with Gasteiger partial charge in [-0.25, -0.2) is 4.79 Å². The molecule has 1 aromatic rings. The highest BCUT2D eigenvalue weighted by atomic mass is 35.5. The van der Waals surface area contributed by atoms with Crippen LogP contribution in [-0.2, 0) is 10.3 Å². The number of ether oxygens (including phenoxy) is 1. The minimum atomic E-state index is -4.73. The third-order valence-electron chi connectivity index (χ3n) is 4.58. The number of fused-ring (bicyclic) bond motifs is 1. The molecule has 1 aromatic carbocycles. The van der Waals surface area contributed by atoms with Crippen molar-refractivity contribution in [3.05, 3.63) is 40.4 Å². The molecule has 0 saturated heterocycles. The molecule has 0 aromatic heterocycles. The molecule has 1 aliphatic heterocycles. The van der Waals surface area contributed by atoms with Gasteiger partial charge in [-0.15, -0.1) is 0 Å². The van der Waals surface area contributed by atoms with Crippen molar-refractivity contribution < 1.29 is 22.7 Å². The van der Waals surface area contributed by atoms with Crippen LogP contribution >= 0.6 is 11.6 Å². The fourth-order valence-electron chi connectivity index (χ4n) is 3.02. The second kappa shape index (κ2) is 6.78. The van der Waals surface area contributed by atoms with E-state index in [9.17, 15) is 18.0 Å². The standard InChI is InChI=1S/C18H20ClF3N2O2/c1-11(2)7-8-26-17(18(20,21)22)10-24(13-4-5-13)16(25)23-15-6-3-12(19)9-14(15)17/h3,6-7,9,13H,4-5,8,10H2,1-2H3,(H,23,25). The Morgan fingerprint density at radius 3 is 2.69 bits per heavy atom. The third kappa shape index (κ3) is 3.55. The molecule has 8 heteroatoms. The van der Waals surface area contributed by atoms with E-state index in [4.69, 9.17) is 16.3 Å². The first kappa shape index (κ1) is 19.0. The zero-order chi connectivity index (χ0) is 19.1. The number of amides is 2. The Kier molecular flexibility index (Phi) is 4.96. The summed E-state index contributed by atoms with van der Waals surface area (Å²) in [4.78, 5) is 13.7. The van der Waals surface area contributed by atoms with Gasteiger partial charge in [0.25, 0.3) is 0 Å². The van der Waals surface area contributed by atoms with Crippen LogP contribution < -0.4 is 5.32 Å². The van der Waals surface area contributed by atoms with E-state index in [0.717, 1.165) is 5.57 Å². The summed E-state index contributed by atoms with van der Waals surface area (Å²) in [5, 5.41) is 2.73. The zero-order valence-corrected chi connectivity index (χ0v) is 15.2. The molecule has 0 spiro atoms. The summed E-state index contributed by atoms with van der Waals surface area (Å²) in [6, 6.07) is 3.31. The van der Waals surface area contributed by atoms with Crippen LogP contribution in [0.1, 0.15) is 32.3 Å². The molecule has 3 rings (SSSR count). The highest BCUT2D eigenvalue weighted by Crippen LogP contribution is 2.49. The van der Waals surface area contributed by atoms with E-state index in [1.165, 1.54) is 23.1 Å². The van der Waals surface area contributed by atoms with Crippen molar-refractivity contribution >= 4 is 23.3 Å². The molecule has 142 valence electrons. The van der Waals surface area contributed by atoms with Gasteiger partial charge < -0.3 is 15.0 Å². The Morgan fingerprint density at radius 1 is 1.42 bits per heavy atom. The molecule has 0 radical (unpaired) electrons. The maximum atomic E-state index is 14.3. The maximum absolute atomic E-state index is 14.3. The number of nitrogens with one attached hydrogen (secondary N) is 1. The molecular weight excluding hydrogens is 369 g/mol. The predicted octanol–water partition coefficient (Wildman–Crippen LogP) is 5.09. The quantitative estimate of drug-likeness (QED) is 0.730. The van der Waals surface area contributed by atoms with Crippen molar-refractivity contribution in [3.8, 4) is 0 Å². The van der Waals surface area contributed by atoms with Crippen molar-refractivity contribution in [2.45, 2.75) is 44.5 Å². The van der Waals surface area contributed by atoms with Crippen LogP contribution in [0.4, 0.5) is 23.7 Å². The molecule has 1 atom stereocenters. The monoisotopic (exact) mass is 388 g/mol. The van der Waals surface area contributed by atoms with Crippen LogP contribution in [0.25, 0.3) is 0 Å². The van der Waals surface area contributed by atoms with Gasteiger partial charge in [-0.1, -0.05) is 23.3 Å². The van der Waals surface area contributed by atoms with Crippen molar-refractivity contribution in [3.63, 3.8) is 0 Å². The summed E-state index contributed by atoms with van der Waals surface area (Å²) in [7, 11) is 0. The number of anilines is 1. The molecular formula is C18H20ClF3N2O2. The van der Waals surface area contributed by atoms with Crippen LogP contribution in [0.5, 0.6) is 0 Å². The number of alkyl halides is 3. The van der Waals surface area contributed by atoms with Crippen molar-refractivity contribution in [2.24, 2.45) is 0 Å². The van der Waals surface area contributed by atoms with Crippen LogP contribution in [0.2, 0.25) is 5.02 Å². The van der Waals surface area contributed by atoms with Gasteiger partial charge >= 0.3 is 12.2 Å². The van der Waals surface area contributed by atoms with Gasteiger partial charge in [-0.2, -0.15) is 13.2 Å². The smallest absolute Gasteiger partial charge is 0.355 e. The van der Waals surface area contributed by atoms with E-state index >= 15 is 0 Å². The van der Waals surface area contributed by atoms with Crippen molar-refractivity contribution in [1.82, 2.24) is 4.90 Å². The molecule has 1 saturated carbocycles. The van der Waals surface area contributed by atoms with Crippen LogP contribution in [0.3, 0.4) is 0 Å². The predicted molar refractivity (Wildman–Crippen MR) is 93.3 cm³/mol. The highest BCUT2D eigenvalue weighted by Gasteiger charge is 2.61. The lowest BCUT2D eigenvalue weighted by atomic mass is 9.90. The average Bonchev–Trinajstić information content (AvgIpc) is 3.35. The number of carbonyl (C=O) groups excluding carboxylic acids is 1. The lowest BCUT2D eigenvalue weighted by Crippen LogP contribution is -2.53. The van der Waals surface area contributed by atoms with Gasteiger partial charge in [0.05, 0.1) is 13.2 Å². The first-order valence-electron chi connectivity index (χ1n) is 8.36. The number of rotatable bonds is 4. The molecule has 1 unspecified atom stereocenters. The fraction of sp³-hybridized carbons (Fsp3) is 0.500. The average molecular weight is 389 g/mol. The molecule has 0 bridgehead atoms. The Hall–Kier alpha value is -1.73. The molecule has 26 heavy (non-hydrogen) atoms. The second-order valence-electron chi connectivity index (χ2n) is 6.90. The van der Waals surface area contributed by atoms with E-state index in [2.05, 4.69) is 5.32 Å². The topological polar surface area (TPSA) is 41.6 Å². The van der Waals surface area contributed by atoms with Gasteiger partial charge in [-0.3, -0.25) is 0 Å². The van der Waals surface area contributed by atoms with Crippen molar-refractivity contribution in [2.75, 3.05) is 18.5 Å². The van der Waals surface area contributed by atoms with E-state index < -0.39 is 24.4 Å². The Balaban J connectivity index is 2.14. The minimum Gasteiger partial charge on any atom is -0.355 e. The third-order valence-corrected chi connectivity index (χ3v) is 4.81. The highest BCUT2D eigenvalue weighted by molar-refractivity contribution is 6.30. The Morgan fingerprint density at radius 2 is 2.12 bits per heavy atom. The number of halogens is 4. The van der Waals surface area contributed by atoms with Gasteiger partial charge in [0, 0.05) is 22.3 Å². The van der Waals surface area contributed by atoms with Gasteiger partial charge in [-0.05, 0) is 44.9 Å². The number of urea groups is 1. The van der Waals surface area contributed by atoms with E-state index in [-0.39, 0.29) is 28.9 Å². The summed E-state index contributed by atoms with van der Waals surface area (Å²) >= 11 is 5.98. The van der Waals surface area contributed by atoms with E-state index in [0.29, 0.717) is 12.8 Å². The summed E-state index contributed by atoms with van der Waals surface area (Å²) < 4.78 is 48.5. The van der Waals surface area contributed by atoms with Crippen LogP contribution in [0.15, 0.2) is 29.8 Å². The molecule has 2 aliphatic rings. The fourth-order valence-corrected chi connectivity index (χ4v) is 3.19. The number of hydrogen-bond acceptors (Lipinski definition) is 2. The summed E-state index contributed by atoms with van der Waals surface area (Å²) in [6.45, 7) is 2.74. The largest absolute Gasteiger partial charge is 0.423 e. The Bertz CT molecular complexity index is 742. The van der Waals surface area contributed by atoms with Crippen molar-refractivity contribution in [1.29, 1.82) is 0 Å². The molecule has 1 N–H and O–H groups in total. The van der Waals surface area contributed by atoms with Gasteiger partial charge in [0.1, 0.15) is 0 Å². The maximum Gasteiger partial charge on any atom is 0.423 e. The molecule has 1 heterocycles. The summed E-state index contributed by atoms with van der Waals surface area (Å²) in [5.41, 5.74) is -1.91. The zero-order valence-electron chi connectivity index (χ0n) is 14.5. The first-order valence-corrected chi connectivity index (χ1v) is 8.73. The molecule has 1 aliphatic carbocycles. The molecule has 2 amide bonds. The molecule has 4 nitrogen and oxygen atoms in total. The number of benzene rings is 1. The van der Waals surface area contributed by atoms with Crippen LogP contribution in [-0.4, -0.2) is 36.3 Å². The van der Waals surface area contributed by atoms with E-state index in [1.807, 2.05) is 0 Å². The lowest BCUT2D eigenvalue weighted by molar-refractivity contribution is -0.284.